The Balaban J connectivity index is 1.92. The zero-order chi connectivity index (χ0) is 18.2. The standard InChI is InChI=1S/C17H22F2N2O3S/c1-2-21-16(22)5-3-8-17(21)9-4-10-20(12-17)25(23,24)13-6-7-14(18)15(19)11-13/h6-7,11H,2-5,8-10,12H2,1H3/t17-/m0/s1. The normalized spacial score (nSPS) is 25.6. The number of carbonyl (C=O) groups is 1. The second kappa shape index (κ2) is 6.64. The van der Waals surface area contributed by atoms with Crippen molar-refractivity contribution in [1.82, 2.24) is 9.21 Å². The van der Waals surface area contributed by atoms with Crippen molar-refractivity contribution >= 4 is 15.9 Å². The highest BCUT2D eigenvalue weighted by molar-refractivity contribution is 7.89. The number of likely N-dealkylation sites (N-methyl/N-ethyl adjacent to an activating group) is 1. The molecule has 1 aromatic rings. The lowest BCUT2D eigenvalue weighted by molar-refractivity contribution is -0.144. The van der Waals surface area contributed by atoms with Crippen molar-refractivity contribution in [2.75, 3.05) is 19.6 Å². The van der Waals surface area contributed by atoms with E-state index in [0.717, 1.165) is 37.5 Å². The van der Waals surface area contributed by atoms with Crippen LogP contribution in [0.5, 0.6) is 0 Å². The quantitative estimate of drug-likeness (QED) is 0.819. The number of sulfonamides is 1. The van der Waals surface area contributed by atoms with Gasteiger partial charge in [0.25, 0.3) is 0 Å². The first kappa shape index (κ1) is 18.3. The van der Waals surface area contributed by atoms with Crippen LogP contribution in [0.25, 0.3) is 0 Å². The van der Waals surface area contributed by atoms with Gasteiger partial charge in [-0.25, -0.2) is 17.2 Å². The molecule has 8 heteroatoms. The Morgan fingerprint density at radius 2 is 1.88 bits per heavy atom. The van der Waals surface area contributed by atoms with Gasteiger partial charge in [-0.05, 0) is 50.8 Å². The zero-order valence-electron chi connectivity index (χ0n) is 14.2. The van der Waals surface area contributed by atoms with E-state index in [1.54, 1.807) is 4.90 Å². The molecule has 0 bridgehead atoms. The molecule has 2 aliphatic heterocycles. The van der Waals surface area contributed by atoms with Crippen molar-refractivity contribution < 1.29 is 22.0 Å². The predicted octanol–water partition coefficient (Wildman–Crippen LogP) is 2.52. The fourth-order valence-corrected chi connectivity index (χ4v) is 5.67. The van der Waals surface area contributed by atoms with Gasteiger partial charge in [0, 0.05) is 26.1 Å². The van der Waals surface area contributed by atoms with Crippen LogP contribution in [0.3, 0.4) is 0 Å². The average molecular weight is 372 g/mol. The molecule has 1 aromatic carbocycles. The minimum Gasteiger partial charge on any atom is -0.336 e. The Hall–Kier alpha value is -1.54. The third-order valence-electron chi connectivity index (χ3n) is 5.27. The van der Waals surface area contributed by atoms with Gasteiger partial charge in [0.15, 0.2) is 11.6 Å². The monoisotopic (exact) mass is 372 g/mol. The molecule has 0 unspecified atom stereocenters. The van der Waals surface area contributed by atoms with Crippen LogP contribution in [0.15, 0.2) is 23.1 Å². The van der Waals surface area contributed by atoms with Gasteiger partial charge in [-0.15, -0.1) is 0 Å². The van der Waals surface area contributed by atoms with E-state index in [0.29, 0.717) is 25.9 Å². The number of carbonyl (C=O) groups excluding carboxylic acids is 1. The summed E-state index contributed by atoms with van der Waals surface area (Å²) in [5, 5.41) is 0. The van der Waals surface area contributed by atoms with E-state index in [1.165, 1.54) is 4.31 Å². The SMILES string of the molecule is CCN1C(=O)CCC[C@@]12CCCN(S(=O)(=O)c1ccc(F)c(F)c1)C2. The molecule has 2 aliphatic rings. The summed E-state index contributed by atoms with van der Waals surface area (Å²) < 4.78 is 53.7. The van der Waals surface area contributed by atoms with E-state index in [2.05, 4.69) is 0 Å². The largest absolute Gasteiger partial charge is 0.336 e. The number of nitrogens with zero attached hydrogens (tertiary/aromatic N) is 2. The first-order chi connectivity index (χ1) is 11.8. The number of piperidine rings is 2. The number of amides is 1. The van der Waals surface area contributed by atoms with Gasteiger partial charge in [-0.3, -0.25) is 4.79 Å². The van der Waals surface area contributed by atoms with E-state index in [4.69, 9.17) is 0 Å². The molecule has 0 saturated carbocycles. The molecule has 5 nitrogen and oxygen atoms in total. The molecule has 0 aliphatic carbocycles. The molecule has 1 atom stereocenters. The highest BCUT2D eigenvalue weighted by Gasteiger charge is 2.46. The Bertz CT molecular complexity index is 780. The maximum absolute atomic E-state index is 13.5. The second-order valence-electron chi connectivity index (χ2n) is 6.73. The lowest BCUT2D eigenvalue weighted by Gasteiger charge is -2.51. The molecule has 2 saturated heterocycles. The highest BCUT2D eigenvalue weighted by atomic mass is 32.2. The lowest BCUT2D eigenvalue weighted by Crippen LogP contribution is -2.62. The summed E-state index contributed by atoms with van der Waals surface area (Å²) in [5.41, 5.74) is -0.492. The van der Waals surface area contributed by atoms with Gasteiger partial charge in [0.05, 0.1) is 10.4 Å². The fraction of sp³-hybridized carbons (Fsp3) is 0.588. The molecule has 1 amide bonds. The third-order valence-corrected chi connectivity index (χ3v) is 7.11. The average Bonchev–Trinajstić information content (AvgIpc) is 2.57. The number of likely N-dealkylation sites (tertiary alicyclic amines) is 1. The molecule has 0 N–H and O–H groups in total. The van der Waals surface area contributed by atoms with Crippen LogP contribution in [0, 0.1) is 11.6 Å². The van der Waals surface area contributed by atoms with Gasteiger partial charge >= 0.3 is 0 Å². The molecular weight excluding hydrogens is 350 g/mol. The molecule has 0 aromatic heterocycles. The van der Waals surface area contributed by atoms with Crippen LogP contribution in [-0.4, -0.2) is 48.7 Å². The second-order valence-corrected chi connectivity index (χ2v) is 8.67. The van der Waals surface area contributed by atoms with Gasteiger partial charge in [-0.1, -0.05) is 0 Å². The van der Waals surface area contributed by atoms with E-state index >= 15 is 0 Å². The topological polar surface area (TPSA) is 57.7 Å². The van der Waals surface area contributed by atoms with Crippen molar-refractivity contribution in [3.8, 4) is 0 Å². The summed E-state index contributed by atoms with van der Waals surface area (Å²) in [5.74, 6) is -2.21. The van der Waals surface area contributed by atoms with Crippen LogP contribution in [0.1, 0.15) is 39.0 Å². The van der Waals surface area contributed by atoms with Gasteiger partial charge in [-0.2, -0.15) is 4.31 Å². The van der Waals surface area contributed by atoms with Crippen LogP contribution >= 0.6 is 0 Å². The van der Waals surface area contributed by atoms with E-state index < -0.39 is 27.2 Å². The summed E-state index contributed by atoms with van der Waals surface area (Å²) in [7, 11) is -3.94. The summed E-state index contributed by atoms with van der Waals surface area (Å²) >= 11 is 0. The number of hydrogen-bond donors (Lipinski definition) is 0. The first-order valence-corrected chi connectivity index (χ1v) is 10.00. The zero-order valence-corrected chi connectivity index (χ0v) is 15.0. The Morgan fingerprint density at radius 1 is 1.16 bits per heavy atom. The van der Waals surface area contributed by atoms with Crippen LogP contribution in [-0.2, 0) is 14.8 Å². The Kier molecular flexibility index (Phi) is 4.85. The summed E-state index contributed by atoms with van der Waals surface area (Å²) in [6.45, 7) is 2.95. The van der Waals surface area contributed by atoms with Crippen molar-refractivity contribution in [3.05, 3.63) is 29.8 Å². The lowest BCUT2D eigenvalue weighted by atomic mass is 9.80. The number of hydrogen-bond acceptors (Lipinski definition) is 3. The predicted molar refractivity (Wildman–Crippen MR) is 88.3 cm³/mol. The number of halogens is 2. The molecular formula is C17H22F2N2O3S. The molecule has 2 heterocycles. The summed E-state index contributed by atoms with van der Waals surface area (Å²) in [6.07, 6.45) is 3.39. The van der Waals surface area contributed by atoms with E-state index in [9.17, 15) is 22.0 Å². The van der Waals surface area contributed by atoms with Crippen molar-refractivity contribution in [2.45, 2.75) is 49.5 Å². The Morgan fingerprint density at radius 3 is 2.56 bits per heavy atom. The molecule has 0 radical (unpaired) electrons. The molecule has 138 valence electrons. The van der Waals surface area contributed by atoms with Crippen molar-refractivity contribution in [2.24, 2.45) is 0 Å². The molecule has 1 spiro atoms. The van der Waals surface area contributed by atoms with Gasteiger partial charge in [0.1, 0.15) is 0 Å². The summed E-state index contributed by atoms with van der Waals surface area (Å²) in [4.78, 5) is 13.8. The van der Waals surface area contributed by atoms with Gasteiger partial charge in [0.2, 0.25) is 15.9 Å². The van der Waals surface area contributed by atoms with Gasteiger partial charge < -0.3 is 4.90 Å². The number of benzene rings is 1. The van der Waals surface area contributed by atoms with Crippen molar-refractivity contribution in [1.29, 1.82) is 0 Å². The summed E-state index contributed by atoms with van der Waals surface area (Å²) in [6, 6.07) is 2.62. The minimum atomic E-state index is -3.94. The van der Waals surface area contributed by atoms with Crippen molar-refractivity contribution in [3.63, 3.8) is 0 Å². The Labute approximate surface area is 146 Å². The maximum atomic E-state index is 13.5. The smallest absolute Gasteiger partial charge is 0.243 e. The first-order valence-electron chi connectivity index (χ1n) is 8.56. The van der Waals surface area contributed by atoms with Crippen LogP contribution in [0.4, 0.5) is 8.78 Å². The highest BCUT2D eigenvalue weighted by Crippen LogP contribution is 2.38. The van der Waals surface area contributed by atoms with E-state index in [-0.39, 0.29) is 17.3 Å². The maximum Gasteiger partial charge on any atom is 0.243 e. The van der Waals surface area contributed by atoms with E-state index in [1.807, 2.05) is 6.92 Å². The van der Waals surface area contributed by atoms with Crippen LogP contribution in [0.2, 0.25) is 0 Å². The molecule has 3 rings (SSSR count). The minimum absolute atomic E-state index is 0.0563. The van der Waals surface area contributed by atoms with Crippen LogP contribution < -0.4 is 0 Å². The third kappa shape index (κ3) is 3.17. The molecule has 25 heavy (non-hydrogen) atoms. The molecule has 2 fully saturated rings. The fourth-order valence-electron chi connectivity index (χ4n) is 4.10. The number of rotatable bonds is 3.